The van der Waals surface area contributed by atoms with Gasteiger partial charge in [-0.25, -0.2) is 4.98 Å². The van der Waals surface area contributed by atoms with Crippen LogP contribution in [-0.2, 0) is 15.1 Å². The maximum absolute atomic E-state index is 12.2. The summed E-state index contributed by atoms with van der Waals surface area (Å²) in [4.78, 5) is 18.8. The smallest absolute Gasteiger partial charge is 0.244 e. The highest BCUT2D eigenvalue weighted by atomic mass is 32.1. The molecular formula is C15H23N3O2S. The third-order valence-electron chi connectivity index (χ3n) is 3.48. The molecule has 1 aromatic rings. The number of rotatable bonds is 5. The molecule has 1 aliphatic heterocycles. The second kappa shape index (κ2) is 7.15. The molecule has 21 heavy (non-hydrogen) atoms. The Kier molecular flexibility index (Phi) is 5.50. The minimum atomic E-state index is -0.378. The van der Waals surface area contributed by atoms with E-state index in [1.54, 1.807) is 17.4 Å². The van der Waals surface area contributed by atoms with Gasteiger partial charge in [-0.15, -0.1) is 11.3 Å². The van der Waals surface area contributed by atoms with Crippen LogP contribution in [0.15, 0.2) is 17.5 Å². The molecule has 2 rings (SSSR count). The molecule has 1 aromatic heterocycles. The van der Waals surface area contributed by atoms with Gasteiger partial charge in [-0.2, -0.15) is 0 Å². The number of aryl methyl sites for hydroxylation is 1. The molecule has 2 heterocycles. The van der Waals surface area contributed by atoms with E-state index >= 15 is 0 Å². The number of carbonyl (C=O) groups is 1. The molecule has 6 heteroatoms. The zero-order valence-corrected chi connectivity index (χ0v) is 13.7. The van der Waals surface area contributed by atoms with Crippen molar-refractivity contribution < 1.29 is 9.53 Å². The van der Waals surface area contributed by atoms with E-state index in [1.807, 2.05) is 37.4 Å². The SMILES string of the molecule is Cc1csc(C2(NC(=O)/C=C/CN(C)C)CCOCC2)n1. The Hall–Kier alpha value is -1.24. The molecule has 5 nitrogen and oxygen atoms in total. The summed E-state index contributed by atoms with van der Waals surface area (Å²) in [5, 5.41) is 6.17. The van der Waals surface area contributed by atoms with Gasteiger partial charge in [0.15, 0.2) is 0 Å². The third-order valence-corrected chi connectivity index (χ3v) is 4.64. The molecule has 0 unspecified atom stereocenters. The van der Waals surface area contributed by atoms with Crippen LogP contribution in [0.1, 0.15) is 23.5 Å². The summed E-state index contributed by atoms with van der Waals surface area (Å²) >= 11 is 1.61. The van der Waals surface area contributed by atoms with Crippen LogP contribution in [0.4, 0.5) is 0 Å². The van der Waals surface area contributed by atoms with E-state index in [4.69, 9.17) is 4.74 Å². The van der Waals surface area contributed by atoms with Gasteiger partial charge in [0.2, 0.25) is 5.91 Å². The highest BCUT2D eigenvalue weighted by Crippen LogP contribution is 2.34. The molecule has 0 spiro atoms. The molecule has 0 saturated carbocycles. The molecule has 1 N–H and O–H groups in total. The van der Waals surface area contributed by atoms with Gasteiger partial charge in [-0.1, -0.05) is 6.08 Å². The van der Waals surface area contributed by atoms with Crippen LogP contribution in [0.2, 0.25) is 0 Å². The second-order valence-corrected chi connectivity index (χ2v) is 6.50. The van der Waals surface area contributed by atoms with Gasteiger partial charge in [0.05, 0.1) is 5.54 Å². The molecule has 0 atom stereocenters. The Morgan fingerprint density at radius 2 is 2.24 bits per heavy atom. The van der Waals surface area contributed by atoms with E-state index in [0.717, 1.165) is 30.1 Å². The van der Waals surface area contributed by atoms with Crippen LogP contribution in [0.3, 0.4) is 0 Å². The topological polar surface area (TPSA) is 54.5 Å². The van der Waals surface area contributed by atoms with Crippen LogP contribution in [0, 0.1) is 6.92 Å². The fourth-order valence-corrected chi connectivity index (χ4v) is 3.35. The number of nitrogens with zero attached hydrogens (tertiary/aromatic N) is 2. The quantitative estimate of drug-likeness (QED) is 0.841. The number of ether oxygens (including phenoxy) is 1. The summed E-state index contributed by atoms with van der Waals surface area (Å²) in [5.74, 6) is -0.0633. The van der Waals surface area contributed by atoms with Crippen LogP contribution < -0.4 is 5.32 Å². The van der Waals surface area contributed by atoms with Gasteiger partial charge >= 0.3 is 0 Å². The Labute approximate surface area is 130 Å². The Balaban J connectivity index is 2.10. The van der Waals surface area contributed by atoms with E-state index in [9.17, 15) is 4.79 Å². The van der Waals surface area contributed by atoms with Gasteiger partial charge < -0.3 is 15.0 Å². The normalized spacial score (nSPS) is 18.3. The number of amides is 1. The first kappa shape index (κ1) is 16.1. The summed E-state index contributed by atoms with van der Waals surface area (Å²) in [5.41, 5.74) is 0.620. The lowest BCUT2D eigenvalue weighted by Gasteiger charge is -2.36. The number of hydrogen-bond acceptors (Lipinski definition) is 5. The predicted molar refractivity (Wildman–Crippen MR) is 84.4 cm³/mol. The fourth-order valence-electron chi connectivity index (χ4n) is 2.33. The average Bonchev–Trinajstić information content (AvgIpc) is 2.86. The molecule has 116 valence electrons. The first-order chi connectivity index (χ1) is 10.0. The molecule has 0 radical (unpaired) electrons. The fraction of sp³-hybridized carbons (Fsp3) is 0.600. The van der Waals surface area contributed by atoms with Crippen LogP contribution in [0.5, 0.6) is 0 Å². The van der Waals surface area contributed by atoms with Gasteiger partial charge in [-0.05, 0) is 21.0 Å². The number of hydrogen-bond donors (Lipinski definition) is 1. The Morgan fingerprint density at radius 1 is 1.52 bits per heavy atom. The molecule has 0 bridgehead atoms. The first-order valence-electron chi connectivity index (χ1n) is 7.16. The second-order valence-electron chi connectivity index (χ2n) is 5.64. The van der Waals surface area contributed by atoms with Crippen LogP contribution in [-0.4, -0.2) is 49.6 Å². The van der Waals surface area contributed by atoms with Gasteiger partial charge in [0, 0.05) is 49.8 Å². The predicted octanol–water partition coefficient (Wildman–Crippen LogP) is 1.69. The lowest BCUT2D eigenvalue weighted by atomic mass is 9.90. The van der Waals surface area contributed by atoms with Crippen molar-refractivity contribution in [2.45, 2.75) is 25.3 Å². The van der Waals surface area contributed by atoms with E-state index < -0.39 is 0 Å². The van der Waals surface area contributed by atoms with Crippen molar-refractivity contribution in [1.82, 2.24) is 15.2 Å². The molecule has 1 aliphatic rings. The monoisotopic (exact) mass is 309 g/mol. The molecule has 1 amide bonds. The highest BCUT2D eigenvalue weighted by molar-refractivity contribution is 7.09. The molecule has 0 aromatic carbocycles. The Morgan fingerprint density at radius 3 is 2.81 bits per heavy atom. The number of carbonyl (C=O) groups excluding carboxylic acids is 1. The number of aromatic nitrogens is 1. The lowest BCUT2D eigenvalue weighted by molar-refractivity contribution is -0.119. The van der Waals surface area contributed by atoms with Crippen molar-refractivity contribution in [2.75, 3.05) is 33.9 Å². The maximum atomic E-state index is 12.2. The molecular weight excluding hydrogens is 286 g/mol. The first-order valence-corrected chi connectivity index (χ1v) is 8.03. The van der Waals surface area contributed by atoms with E-state index in [1.165, 1.54) is 0 Å². The summed E-state index contributed by atoms with van der Waals surface area (Å²) in [6.07, 6.45) is 5.02. The van der Waals surface area contributed by atoms with Crippen LogP contribution >= 0.6 is 11.3 Å². The average molecular weight is 309 g/mol. The summed E-state index contributed by atoms with van der Waals surface area (Å²) in [6.45, 7) is 4.03. The molecule has 0 aliphatic carbocycles. The van der Waals surface area contributed by atoms with Crippen molar-refractivity contribution in [3.63, 3.8) is 0 Å². The van der Waals surface area contributed by atoms with Gasteiger partial charge in [0.25, 0.3) is 0 Å². The van der Waals surface area contributed by atoms with Gasteiger partial charge in [0.1, 0.15) is 5.01 Å². The number of thiazole rings is 1. The van der Waals surface area contributed by atoms with Crippen molar-refractivity contribution in [1.29, 1.82) is 0 Å². The minimum Gasteiger partial charge on any atom is -0.381 e. The number of likely N-dealkylation sites (N-methyl/N-ethyl adjacent to an activating group) is 1. The maximum Gasteiger partial charge on any atom is 0.244 e. The van der Waals surface area contributed by atoms with E-state index in [-0.39, 0.29) is 11.4 Å². The van der Waals surface area contributed by atoms with E-state index in [0.29, 0.717) is 13.2 Å². The molecule has 1 saturated heterocycles. The van der Waals surface area contributed by atoms with Crippen LogP contribution in [0.25, 0.3) is 0 Å². The largest absolute Gasteiger partial charge is 0.381 e. The lowest BCUT2D eigenvalue weighted by Crippen LogP contribution is -2.49. The van der Waals surface area contributed by atoms with Gasteiger partial charge in [-0.3, -0.25) is 4.79 Å². The Bertz CT molecular complexity index is 505. The highest BCUT2D eigenvalue weighted by Gasteiger charge is 2.38. The summed E-state index contributed by atoms with van der Waals surface area (Å²) < 4.78 is 5.45. The third kappa shape index (κ3) is 4.36. The molecule has 1 fully saturated rings. The van der Waals surface area contributed by atoms with Crippen molar-refractivity contribution >= 4 is 17.2 Å². The summed E-state index contributed by atoms with van der Waals surface area (Å²) in [6, 6.07) is 0. The number of nitrogens with one attached hydrogen (secondary N) is 1. The standard InChI is InChI=1S/C15H23N3O2S/c1-12-11-21-14(16-12)15(6-9-20-10-7-15)17-13(19)5-4-8-18(2)3/h4-5,11H,6-10H2,1-3H3,(H,17,19)/b5-4+. The van der Waals surface area contributed by atoms with E-state index in [2.05, 4.69) is 10.3 Å². The zero-order valence-electron chi connectivity index (χ0n) is 12.9. The van der Waals surface area contributed by atoms with Crippen molar-refractivity contribution in [3.05, 3.63) is 28.2 Å². The summed E-state index contributed by atoms with van der Waals surface area (Å²) in [7, 11) is 3.95. The zero-order chi connectivity index (χ0) is 15.3. The van der Waals surface area contributed by atoms with Crippen molar-refractivity contribution in [2.24, 2.45) is 0 Å². The van der Waals surface area contributed by atoms with Crippen molar-refractivity contribution in [3.8, 4) is 0 Å². The minimum absolute atomic E-state index is 0.0633.